The number of nitrogens with one attached hydrogen (secondary N) is 1. The molecule has 35 heavy (non-hydrogen) atoms. The maximum atomic E-state index is 13.0. The number of carbonyl (C=O) groups excluding carboxylic acids is 1. The topological polar surface area (TPSA) is 87.9 Å². The van der Waals surface area contributed by atoms with Crippen LogP contribution in [0.5, 0.6) is 5.75 Å². The van der Waals surface area contributed by atoms with Crippen LogP contribution in [0.3, 0.4) is 0 Å². The number of fused-ring (bicyclic) bond motifs is 1. The molecule has 1 aromatic carbocycles. The SMILES string of the molecule is COc1ccc(-c2cccc3nc(Nc4ccnc(N(C)C(=O)C(C)N5CCCC5)c4)nn23)cc1. The lowest BCUT2D eigenvalue weighted by atomic mass is 10.1. The first-order chi connectivity index (χ1) is 17.0. The average Bonchev–Trinajstić information content (AvgIpc) is 3.57. The van der Waals surface area contributed by atoms with Gasteiger partial charge in [-0.25, -0.2) is 9.50 Å². The number of carbonyl (C=O) groups is 1. The Morgan fingerprint density at radius 1 is 1.11 bits per heavy atom. The van der Waals surface area contributed by atoms with Crippen LogP contribution >= 0.6 is 0 Å². The van der Waals surface area contributed by atoms with Crippen LogP contribution in [-0.2, 0) is 4.79 Å². The molecule has 5 rings (SSSR count). The van der Waals surface area contributed by atoms with Gasteiger partial charge in [-0.3, -0.25) is 14.6 Å². The fourth-order valence-corrected chi connectivity index (χ4v) is 4.43. The summed E-state index contributed by atoms with van der Waals surface area (Å²) in [6, 6.07) is 17.2. The normalized spacial score (nSPS) is 14.7. The van der Waals surface area contributed by atoms with E-state index in [2.05, 4.69) is 25.3 Å². The van der Waals surface area contributed by atoms with Gasteiger partial charge in [0.25, 0.3) is 0 Å². The summed E-state index contributed by atoms with van der Waals surface area (Å²) < 4.78 is 7.07. The van der Waals surface area contributed by atoms with E-state index in [9.17, 15) is 4.79 Å². The van der Waals surface area contributed by atoms with Gasteiger partial charge in [-0.2, -0.15) is 4.98 Å². The number of methoxy groups -OCH3 is 1. The monoisotopic (exact) mass is 471 g/mol. The number of likely N-dealkylation sites (N-methyl/N-ethyl adjacent to an activating group) is 1. The zero-order valence-corrected chi connectivity index (χ0v) is 20.2. The second-order valence-electron chi connectivity index (χ2n) is 8.69. The highest BCUT2D eigenvalue weighted by molar-refractivity contribution is 5.96. The Balaban J connectivity index is 1.36. The van der Waals surface area contributed by atoms with Crippen LogP contribution in [-0.4, -0.2) is 63.7 Å². The van der Waals surface area contributed by atoms with E-state index in [1.54, 1.807) is 29.8 Å². The first-order valence-electron chi connectivity index (χ1n) is 11.8. The number of benzene rings is 1. The van der Waals surface area contributed by atoms with Gasteiger partial charge >= 0.3 is 0 Å². The molecule has 1 unspecified atom stereocenters. The molecule has 1 aliphatic heterocycles. The number of amides is 1. The molecule has 9 heteroatoms. The Kier molecular flexibility index (Phi) is 6.33. The fraction of sp³-hybridized carbons (Fsp3) is 0.308. The zero-order valence-electron chi connectivity index (χ0n) is 20.2. The van der Waals surface area contributed by atoms with Crippen LogP contribution in [0.2, 0.25) is 0 Å². The predicted octanol–water partition coefficient (Wildman–Crippen LogP) is 3.99. The zero-order chi connectivity index (χ0) is 24.4. The minimum atomic E-state index is -0.169. The highest BCUT2D eigenvalue weighted by Crippen LogP contribution is 2.25. The van der Waals surface area contributed by atoms with Crippen molar-refractivity contribution in [2.45, 2.75) is 25.8 Å². The largest absolute Gasteiger partial charge is 0.497 e. The van der Waals surface area contributed by atoms with Gasteiger partial charge in [-0.05, 0) is 75.3 Å². The molecule has 1 aliphatic rings. The number of rotatable bonds is 7. The van der Waals surface area contributed by atoms with E-state index in [0.29, 0.717) is 11.8 Å². The second kappa shape index (κ2) is 9.71. The third-order valence-electron chi connectivity index (χ3n) is 6.47. The van der Waals surface area contributed by atoms with E-state index in [1.807, 2.05) is 61.5 Å². The van der Waals surface area contributed by atoms with Crippen molar-refractivity contribution in [1.82, 2.24) is 24.5 Å². The number of hydrogen-bond donors (Lipinski definition) is 1. The smallest absolute Gasteiger partial charge is 0.247 e. The number of nitrogens with zero attached hydrogens (tertiary/aromatic N) is 6. The van der Waals surface area contributed by atoms with Gasteiger partial charge in [-0.1, -0.05) is 6.07 Å². The van der Waals surface area contributed by atoms with Crippen LogP contribution in [0.25, 0.3) is 16.9 Å². The first kappa shape index (κ1) is 22.8. The van der Waals surface area contributed by atoms with Crippen molar-refractivity contribution in [1.29, 1.82) is 0 Å². The van der Waals surface area contributed by atoms with Gasteiger partial charge in [-0.15, -0.1) is 5.10 Å². The Bertz CT molecular complexity index is 1330. The Morgan fingerprint density at radius 2 is 1.89 bits per heavy atom. The highest BCUT2D eigenvalue weighted by Gasteiger charge is 2.27. The summed E-state index contributed by atoms with van der Waals surface area (Å²) in [5.41, 5.74) is 3.40. The molecule has 0 bridgehead atoms. The van der Waals surface area contributed by atoms with E-state index in [0.717, 1.165) is 54.3 Å². The van der Waals surface area contributed by atoms with Crippen molar-refractivity contribution < 1.29 is 9.53 Å². The Morgan fingerprint density at radius 3 is 2.63 bits per heavy atom. The summed E-state index contributed by atoms with van der Waals surface area (Å²) in [7, 11) is 3.42. The molecule has 1 N–H and O–H groups in total. The molecule has 0 saturated carbocycles. The third kappa shape index (κ3) is 4.67. The van der Waals surface area contributed by atoms with E-state index in [4.69, 9.17) is 4.74 Å². The molecule has 1 amide bonds. The van der Waals surface area contributed by atoms with E-state index < -0.39 is 0 Å². The van der Waals surface area contributed by atoms with Crippen LogP contribution in [0, 0.1) is 0 Å². The molecule has 1 fully saturated rings. The summed E-state index contributed by atoms with van der Waals surface area (Å²) in [5, 5.41) is 7.93. The number of pyridine rings is 2. The van der Waals surface area contributed by atoms with Crippen molar-refractivity contribution in [3.8, 4) is 17.0 Å². The lowest BCUT2D eigenvalue weighted by Gasteiger charge is -2.27. The summed E-state index contributed by atoms with van der Waals surface area (Å²) >= 11 is 0. The Labute approximate surface area is 204 Å². The summed E-state index contributed by atoms with van der Waals surface area (Å²) in [6.07, 6.45) is 3.97. The van der Waals surface area contributed by atoms with E-state index >= 15 is 0 Å². The molecule has 3 aromatic heterocycles. The molecule has 1 saturated heterocycles. The molecular weight excluding hydrogens is 442 g/mol. The number of ether oxygens (including phenoxy) is 1. The number of likely N-dealkylation sites (tertiary alicyclic amines) is 1. The summed E-state index contributed by atoms with van der Waals surface area (Å²) in [4.78, 5) is 25.9. The second-order valence-corrected chi connectivity index (χ2v) is 8.69. The lowest BCUT2D eigenvalue weighted by Crippen LogP contribution is -2.45. The predicted molar refractivity (Wildman–Crippen MR) is 136 cm³/mol. The van der Waals surface area contributed by atoms with E-state index in [1.165, 1.54) is 0 Å². The number of anilines is 3. The number of hydrogen-bond acceptors (Lipinski definition) is 7. The van der Waals surface area contributed by atoms with Crippen molar-refractivity contribution >= 4 is 29.0 Å². The fourth-order valence-electron chi connectivity index (χ4n) is 4.43. The van der Waals surface area contributed by atoms with Gasteiger partial charge in [0.15, 0.2) is 5.65 Å². The maximum Gasteiger partial charge on any atom is 0.247 e. The Hall–Kier alpha value is -3.98. The van der Waals surface area contributed by atoms with Crippen LogP contribution < -0.4 is 15.0 Å². The minimum absolute atomic E-state index is 0.0338. The van der Waals surface area contributed by atoms with Crippen molar-refractivity contribution in [2.24, 2.45) is 0 Å². The van der Waals surface area contributed by atoms with Gasteiger partial charge < -0.3 is 10.1 Å². The molecule has 180 valence electrons. The minimum Gasteiger partial charge on any atom is -0.497 e. The van der Waals surface area contributed by atoms with Gasteiger partial charge in [0.1, 0.15) is 11.6 Å². The molecule has 0 spiro atoms. The third-order valence-corrected chi connectivity index (χ3v) is 6.47. The molecule has 0 aliphatic carbocycles. The standard InChI is InChI=1S/C26H29N7O2/c1-18(32-15-4-5-16-32)25(34)31(2)24-17-20(13-14-27-24)28-26-29-23-8-6-7-22(33(23)30-26)19-9-11-21(35-3)12-10-19/h6-14,17-18H,4-5,15-16H2,1-3H3,(H,27,28,30). The molecule has 1 atom stereocenters. The van der Waals surface area contributed by atoms with Gasteiger partial charge in [0.2, 0.25) is 11.9 Å². The molecule has 4 heterocycles. The van der Waals surface area contributed by atoms with Crippen molar-refractivity contribution in [2.75, 3.05) is 37.5 Å². The summed E-state index contributed by atoms with van der Waals surface area (Å²) in [5.74, 6) is 1.87. The first-order valence-corrected chi connectivity index (χ1v) is 11.8. The van der Waals surface area contributed by atoms with Crippen molar-refractivity contribution in [3.05, 3.63) is 60.8 Å². The summed E-state index contributed by atoms with van der Waals surface area (Å²) in [6.45, 7) is 3.90. The molecule has 0 radical (unpaired) electrons. The average molecular weight is 472 g/mol. The lowest BCUT2D eigenvalue weighted by molar-refractivity contribution is -0.122. The van der Waals surface area contributed by atoms with E-state index in [-0.39, 0.29) is 11.9 Å². The quantitative estimate of drug-likeness (QED) is 0.436. The maximum absolute atomic E-state index is 13.0. The van der Waals surface area contributed by atoms with Crippen LogP contribution in [0.15, 0.2) is 60.8 Å². The highest BCUT2D eigenvalue weighted by atomic mass is 16.5. The number of aromatic nitrogens is 4. The molecular formula is C26H29N7O2. The van der Waals surface area contributed by atoms with Crippen LogP contribution in [0.1, 0.15) is 19.8 Å². The van der Waals surface area contributed by atoms with Gasteiger partial charge in [0, 0.05) is 30.6 Å². The molecule has 4 aromatic rings. The van der Waals surface area contributed by atoms with Crippen molar-refractivity contribution in [3.63, 3.8) is 0 Å². The molecule has 9 nitrogen and oxygen atoms in total. The van der Waals surface area contributed by atoms with Gasteiger partial charge in [0.05, 0.1) is 18.8 Å². The van der Waals surface area contributed by atoms with Crippen LogP contribution in [0.4, 0.5) is 17.5 Å².